The fourth-order valence-electron chi connectivity index (χ4n) is 1.84. The number of hydrogen-bond acceptors (Lipinski definition) is 4. The topological polar surface area (TPSA) is 68.3 Å². The monoisotopic (exact) mass is 296 g/mol. The fraction of sp³-hybridized carbons (Fsp3) is 0.467. The van der Waals surface area contributed by atoms with E-state index in [4.69, 9.17) is 0 Å². The van der Waals surface area contributed by atoms with Crippen molar-refractivity contribution in [3.05, 3.63) is 29.8 Å². The number of Topliss-reactive ketones (excluding diaryl/α,β-unsaturated/α-hetero) is 1. The molecule has 0 saturated carbocycles. The van der Waals surface area contributed by atoms with Crippen LogP contribution in [-0.4, -0.2) is 25.7 Å². The Morgan fingerprint density at radius 1 is 1.20 bits per heavy atom. The highest BCUT2D eigenvalue weighted by atomic mass is 32.2. The second-order valence-corrected chi connectivity index (χ2v) is 7.99. The van der Waals surface area contributed by atoms with E-state index in [9.17, 15) is 18.0 Å². The summed E-state index contributed by atoms with van der Waals surface area (Å²) in [6, 6.07) is 6.29. The van der Waals surface area contributed by atoms with Crippen LogP contribution in [0.2, 0.25) is 0 Å². The maximum Gasteiger partial charge on any atom is 0.188 e. The predicted molar refractivity (Wildman–Crippen MR) is 77.3 cm³/mol. The van der Waals surface area contributed by atoms with Crippen molar-refractivity contribution >= 4 is 21.9 Å². The number of ketones is 1. The van der Waals surface area contributed by atoms with Crippen molar-refractivity contribution < 1.29 is 18.0 Å². The number of rotatable bonds is 5. The van der Waals surface area contributed by atoms with Crippen LogP contribution in [0.25, 0.3) is 0 Å². The van der Waals surface area contributed by atoms with Gasteiger partial charge in [-0.05, 0) is 19.1 Å². The molecule has 0 N–H and O–H groups in total. The lowest BCUT2D eigenvalue weighted by atomic mass is 9.88. The molecule has 20 heavy (non-hydrogen) atoms. The fourth-order valence-corrected chi connectivity index (χ4v) is 3.65. The van der Waals surface area contributed by atoms with Crippen molar-refractivity contribution in [2.24, 2.45) is 5.41 Å². The molecular formula is C15H20O4S. The molecule has 5 heteroatoms. The first-order chi connectivity index (χ1) is 9.10. The van der Waals surface area contributed by atoms with Crippen molar-refractivity contribution in [3.63, 3.8) is 0 Å². The highest BCUT2D eigenvalue weighted by Gasteiger charge is 2.39. The Balaban J connectivity index is 3.29. The van der Waals surface area contributed by atoms with Crippen molar-refractivity contribution in [3.8, 4) is 0 Å². The second-order valence-electron chi connectivity index (χ2n) is 5.86. The highest BCUT2D eigenvalue weighted by Crippen LogP contribution is 2.26. The molecule has 0 aliphatic carbocycles. The zero-order valence-corrected chi connectivity index (χ0v) is 13.0. The lowest BCUT2D eigenvalue weighted by Gasteiger charge is -2.23. The van der Waals surface area contributed by atoms with Gasteiger partial charge in [-0.25, -0.2) is 8.42 Å². The van der Waals surface area contributed by atoms with Crippen molar-refractivity contribution in [2.75, 3.05) is 0 Å². The van der Waals surface area contributed by atoms with E-state index in [-0.39, 0.29) is 11.3 Å². The summed E-state index contributed by atoms with van der Waals surface area (Å²) in [6.45, 7) is 6.80. The van der Waals surface area contributed by atoms with Gasteiger partial charge in [0.1, 0.15) is 11.5 Å². The largest absolute Gasteiger partial charge is 0.303 e. The number of carbonyl (C=O) groups excluding carboxylic acids is 2. The van der Waals surface area contributed by atoms with Crippen LogP contribution in [0.1, 0.15) is 32.8 Å². The Morgan fingerprint density at radius 3 is 2.10 bits per heavy atom. The molecular weight excluding hydrogens is 276 g/mol. The SMILES string of the molecule is Cc1ccc(S(=O)(=O)C(CC=O)C(=O)C(C)(C)C)cc1. The van der Waals surface area contributed by atoms with Crippen LogP contribution >= 0.6 is 0 Å². The van der Waals surface area contributed by atoms with Crippen LogP contribution in [0.3, 0.4) is 0 Å². The Morgan fingerprint density at radius 2 is 1.70 bits per heavy atom. The molecule has 0 fully saturated rings. The van der Waals surface area contributed by atoms with E-state index in [1.54, 1.807) is 32.9 Å². The molecule has 0 bridgehead atoms. The van der Waals surface area contributed by atoms with E-state index in [0.29, 0.717) is 6.29 Å². The van der Waals surface area contributed by atoms with Gasteiger partial charge >= 0.3 is 0 Å². The maximum atomic E-state index is 12.5. The standard InChI is InChI=1S/C15H20O4S/c1-11-5-7-12(8-6-11)20(18,19)13(9-10-16)14(17)15(2,3)4/h5-8,10,13H,9H2,1-4H3. The van der Waals surface area contributed by atoms with Crippen LogP contribution < -0.4 is 0 Å². The van der Waals surface area contributed by atoms with Gasteiger partial charge < -0.3 is 4.79 Å². The van der Waals surface area contributed by atoms with E-state index in [1.807, 2.05) is 6.92 Å². The minimum atomic E-state index is -3.84. The molecule has 0 saturated heterocycles. The molecule has 0 spiro atoms. The molecule has 1 unspecified atom stereocenters. The zero-order chi connectivity index (χ0) is 15.6. The predicted octanol–water partition coefficient (Wildman–Crippen LogP) is 2.34. The van der Waals surface area contributed by atoms with Crippen LogP contribution in [0.15, 0.2) is 29.2 Å². The quantitative estimate of drug-likeness (QED) is 0.782. The van der Waals surface area contributed by atoms with Crippen molar-refractivity contribution in [1.82, 2.24) is 0 Å². The normalized spacial score (nSPS) is 13.8. The first-order valence-corrected chi connectivity index (χ1v) is 7.94. The van der Waals surface area contributed by atoms with Crippen molar-refractivity contribution in [2.45, 2.75) is 44.3 Å². The third-order valence-electron chi connectivity index (χ3n) is 3.07. The summed E-state index contributed by atoms with van der Waals surface area (Å²) < 4.78 is 25.1. The summed E-state index contributed by atoms with van der Waals surface area (Å²) >= 11 is 0. The van der Waals surface area contributed by atoms with Gasteiger partial charge in [0.15, 0.2) is 15.6 Å². The minimum absolute atomic E-state index is 0.0764. The highest BCUT2D eigenvalue weighted by molar-refractivity contribution is 7.92. The molecule has 0 heterocycles. The van der Waals surface area contributed by atoms with E-state index in [1.165, 1.54) is 12.1 Å². The van der Waals surface area contributed by atoms with E-state index < -0.39 is 26.3 Å². The molecule has 0 aliphatic rings. The summed E-state index contributed by atoms with van der Waals surface area (Å²) in [7, 11) is -3.84. The number of benzene rings is 1. The van der Waals surface area contributed by atoms with Crippen LogP contribution in [0.5, 0.6) is 0 Å². The molecule has 110 valence electrons. The van der Waals surface area contributed by atoms with E-state index in [0.717, 1.165) is 5.56 Å². The first-order valence-electron chi connectivity index (χ1n) is 6.39. The van der Waals surface area contributed by atoms with Gasteiger partial charge in [0.2, 0.25) is 0 Å². The molecule has 1 atom stereocenters. The average Bonchev–Trinajstić information content (AvgIpc) is 2.34. The summed E-state index contributed by atoms with van der Waals surface area (Å²) in [5.41, 5.74) is 0.115. The van der Waals surface area contributed by atoms with Gasteiger partial charge in [-0.1, -0.05) is 38.5 Å². The molecule has 1 rings (SSSR count). The summed E-state index contributed by atoms with van der Waals surface area (Å²) in [5.74, 6) is -0.440. The number of aldehydes is 1. The Hall–Kier alpha value is -1.49. The van der Waals surface area contributed by atoms with Gasteiger partial charge in [-0.15, -0.1) is 0 Å². The lowest BCUT2D eigenvalue weighted by Crippen LogP contribution is -2.38. The third kappa shape index (κ3) is 3.54. The van der Waals surface area contributed by atoms with Crippen LogP contribution in [0, 0.1) is 12.3 Å². The summed E-state index contributed by atoms with van der Waals surface area (Å²) in [6.07, 6.45) is 0.173. The molecule has 1 aromatic carbocycles. The number of hydrogen-bond donors (Lipinski definition) is 0. The Labute approximate surface area is 120 Å². The van der Waals surface area contributed by atoms with Crippen molar-refractivity contribution in [1.29, 1.82) is 0 Å². The number of sulfone groups is 1. The molecule has 0 radical (unpaired) electrons. The van der Waals surface area contributed by atoms with Gasteiger partial charge in [-0.2, -0.15) is 0 Å². The second kappa shape index (κ2) is 5.87. The molecule has 0 aromatic heterocycles. The summed E-state index contributed by atoms with van der Waals surface area (Å²) in [5, 5.41) is -1.32. The minimum Gasteiger partial charge on any atom is -0.303 e. The maximum absolute atomic E-state index is 12.5. The molecule has 4 nitrogen and oxygen atoms in total. The number of carbonyl (C=O) groups is 2. The summed E-state index contributed by atoms with van der Waals surface area (Å²) in [4.78, 5) is 23.1. The Bertz CT molecular complexity index is 592. The van der Waals surface area contributed by atoms with E-state index >= 15 is 0 Å². The van der Waals surface area contributed by atoms with Gasteiger partial charge in [0.05, 0.1) is 4.90 Å². The van der Waals surface area contributed by atoms with Crippen LogP contribution in [0.4, 0.5) is 0 Å². The first kappa shape index (κ1) is 16.6. The average molecular weight is 296 g/mol. The third-order valence-corrected chi connectivity index (χ3v) is 5.15. The number of aryl methyl sites for hydroxylation is 1. The Kier molecular flexibility index (Phi) is 4.86. The smallest absolute Gasteiger partial charge is 0.188 e. The van der Waals surface area contributed by atoms with Crippen LogP contribution in [-0.2, 0) is 19.4 Å². The lowest BCUT2D eigenvalue weighted by molar-refractivity contribution is -0.126. The van der Waals surface area contributed by atoms with E-state index in [2.05, 4.69) is 0 Å². The zero-order valence-electron chi connectivity index (χ0n) is 12.2. The van der Waals surface area contributed by atoms with Gasteiger partial charge in [0.25, 0.3) is 0 Å². The van der Waals surface area contributed by atoms with Gasteiger partial charge in [0, 0.05) is 11.8 Å². The molecule has 1 aromatic rings. The molecule has 0 amide bonds. The molecule has 0 aliphatic heterocycles. The van der Waals surface area contributed by atoms with Gasteiger partial charge in [-0.3, -0.25) is 4.79 Å².